The van der Waals surface area contributed by atoms with Gasteiger partial charge in [0.05, 0.1) is 5.02 Å². The summed E-state index contributed by atoms with van der Waals surface area (Å²) in [6.07, 6.45) is 0.520. The van der Waals surface area contributed by atoms with Crippen molar-refractivity contribution in [2.75, 3.05) is 0 Å². The molecular weight excluding hydrogens is 239 g/mol. The standard InChI is InChI=1S/C10H6ClFO4/c11-6-3-5(1-2-7(6)12)8(13)4-9(14)10(15)16/h1-4,13H,(H,15,16)/b8-4-. The number of aliphatic hydroxyl groups is 1. The number of rotatable bonds is 3. The number of halogens is 2. The predicted octanol–water partition coefficient (Wildman–Crippen LogP) is 2.03. The van der Waals surface area contributed by atoms with E-state index in [0.717, 1.165) is 12.1 Å². The first-order chi connectivity index (χ1) is 7.41. The number of benzene rings is 1. The van der Waals surface area contributed by atoms with E-state index in [1.807, 2.05) is 0 Å². The highest BCUT2D eigenvalue weighted by Crippen LogP contribution is 2.20. The molecular formula is C10H6ClFO4. The fourth-order valence-electron chi connectivity index (χ4n) is 0.925. The van der Waals surface area contributed by atoms with Gasteiger partial charge in [0.2, 0.25) is 0 Å². The molecule has 1 aromatic rings. The minimum Gasteiger partial charge on any atom is -0.507 e. The summed E-state index contributed by atoms with van der Waals surface area (Å²) in [5.41, 5.74) is 0.0565. The third kappa shape index (κ3) is 2.80. The average Bonchev–Trinajstić information content (AvgIpc) is 2.21. The van der Waals surface area contributed by atoms with Gasteiger partial charge in [0.1, 0.15) is 11.6 Å². The molecule has 2 N–H and O–H groups in total. The van der Waals surface area contributed by atoms with Crippen LogP contribution in [0.1, 0.15) is 5.56 Å². The average molecular weight is 245 g/mol. The monoisotopic (exact) mass is 244 g/mol. The van der Waals surface area contributed by atoms with E-state index >= 15 is 0 Å². The molecule has 0 unspecified atom stereocenters. The van der Waals surface area contributed by atoms with Crippen LogP contribution < -0.4 is 0 Å². The van der Waals surface area contributed by atoms with Crippen molar-refractivity contribution in [1.29, 1.82) is 0 Å². The maximum atomic E-state index is 12.8. The van der Waals surface area contributed by atoms with Gasteiger partial charge < -0.3 is 10.2 Å². The second-order valence-electron chi connectivity index (χ2n) is 2.83. The van der Waals surface area contributed by atoms with Gasteiger partial charge in [-0.15, -0.1) is 0 Å². The van der Waals surface area contributed by atoms with Crippen LogP contribution in [0.2, 0.25) is 5.02 Å². The van der Waals surface area contributed by atoms with E-state index in [2.05, 4.69) is 0 Å². The fourth-order valence-corrected chi connectivity index (χ4v) is 1.11. The van der Waals surface area contributed by atoms with Crippen LogP contribution in [-0.4, -0.2) is 22.0 Å². The molecule has 84 valence electrons. The summed E-state index contributed by atoms with van der Waals surface area (Å²) in [6, 6.07) is 3.24. The molecule has 1 rings (SSSR count). The Morgan fingerprint density at radius 3 is 2.44 bits per heavy atom. The molecule has 0 aromatic heterocycles. The van der Waals surface area contributed by atoms with Crippen LogP contribution in [0.4, 0.5) is 4.39 Å². The Balaban J connectivity index is 3.05. The second-order valence-corrected chi connectivity index (χ2v) is 3.24. The first kappa shape index (κ1) is 12.2. The van der Waals surface area contributed by atoms with Crippen molar-refractivity contribution in [2.24, 2.45) is 0 Å². The summed E-state index contributed by atoms with van der Waals surface area (Å²) in [4.78, 5) is 20.9. The zero-order valence-electron chi connectivity index (χ0n) is 7.78. The van der Waals surface area contributed by atoms with Crippen molar-refractivity contribution >= 4 is 29.1 Å². The summed E-state index contributed by atoms with van der Waals surface area (Å²) in [5, 5.41) is 17.4. The molecule has 0 saturated carbocycles. The smallest absolute Gasteiger partial charge is 0.376 e. The molecule has 16 heavy (non-hydrogen) atoms. The summed E-state index contributed by atoms with van der Waals surface area (Å²) < 4.78 is 12.8. The van der Waals surface area contributed by atoms with E-state index < -0.39 is 23.3 Å². The lowest BCUT2D eigenvalue weighted by Gasteiger charge is -2.00. The highest BCUT2D eigenvalue weighted by molar-refractivity contribution is 6.38. The molecule has 4 nitrogen and oxygen atoms in total. The van der Waals surface area contributed by atoms with E-state index in [1.165, 1.54) is 6.07 Å². The quantitative estimate of drug-likeness (QED) is 0.485. The van der Waals surface area contributed by atoms with E-state index in [-0.39, 0.29) is 10.6 Å². The molecule has 0 saturated heterocycles. The number of ketones is 1. The molecule has 6 heteroatoms. The molecule has 0 bridgehead atoms. The zero-order valence-corrected chi connectivity index (χ0v) is 8.53. The third-order valence-electron chi connectivity index (χ3n) is 1.69. The van der Waals surface area contributed by atoms with E-state index in [1.54, 1.807) is 0 Å². The second kappa shape index (κ2) is 4.76. The highest BCUT2D eigenvalue weighted by atomic mass is 35.5. The van der Waals surface area contributed by atoms with Gasteiger partial charge in [-0.25, -0.2) is 9.18 Å². The van der Waals surface area contributed by atoms with Crippen molar-refractivity contribution in [2.45, 2.75) is 0 Å². The van der Waals surface area contributed by atoms with Crippen LogP contribution in [0.25, 0.3) is 5.76 Å². The molecule has 1 aromatic carbocycles. The summed E-state index contributed by atoms with van der Waals surface area (Å²) in [6.45, 7) is 0. The van der Waals surface area contributed by atoms with Gasteiger partial charge in [-0.3, -0.25) is 4.79 Å². The van der Waals surface area contributed by atoms with Crippen LogP contribution in [0.3, 0.4) is 0 Å². The lowest BCUT2D eigenvalue weighted by Crippen LogP contribution is -2.09. The lowest BCUT2D eigenvalue weighted by atomic mass is 10.1. The number of carboxylic acids is 1. The molecule has 0 amide bonds. The van der Waals surface area contributed by atoms with Gasteiger partial charge in [-0.05, 0) is 18.2 Å². The minimum atomic E-state index is -1.69. The Morgan fingerprint density at radius 2 is 1.94 bits per heavy atom. The molecule has 0 spiro atoms. The van der Waals surface area contributed by atoms with Crippen LogP contribution in [-0.2, 0) is 9.59 Å². The van der Waals surface area contributed by atoms with Gasteiger partial charge in [-0.2, -0.15) is 0 Å². The first-order valence-corrected chi connectivity index (χ1v) is 4.43. The zero-order chi connectivity index (χ0) is 12.3. The third-order valence-corrected chi connectivity index (χ3v) is 1.98. The van der Waals surface area contributed by atoms with Crippen LogP contribution in [0, 0.1) is 5.82 Å². The fraction of sp³-hybridized carbons (Fsp3) is 0. The molecule has 0 aliphatic rings. The topological polar surface area (TPSA) is 74.6 Å². The minimum absolute atomic E-state index is 0.0565. The number of aliphatic hydroxyl groups excluding tert-OH is 1. The summed E-state index contributed by atoms with van der Waals surface area (Å²) in [5.74, 6) is -4.24. The van der Waals surface area contributed by atoms with Crippen molar-refractivity contribution in [3.05, 3.63) is 40.7 Å². The number of carboxylic acid groups (broad SMARTS) is 1. The van der Waals surface area contributed by atoms with Crippen LogP contribution in [0.15, 0.2) is 24.3 Å². The van der Waals surface area contributed by atoms with E-state index in [0.29, 0.717) is 6.08 Å². The van der Waals surface area contributed by atoms with Gasteiger partial charge in [0.15, 0.2) is 0 Å². The van der Waals surface area contributed by atoms with Crippen molar-refractivity contribution in [1.82, 2.24) is 0 Å². The van der Waals surface area contributed by atoms with Crippen molar-refractivity contribution in [3.63, 3.8) is 0 Å². The number of hydrogen-bond acceptors (Lipinski definition) is 3. The molecule has 0 atom stereocenters. The number of hydrogen-bond donors (Lipinski definition) is 2. The number of carbonyl (C=O) groups is 2. The molecule has 0 aliphatic carbocycles. The Morgan fingerprint density at radius 1 is 1.31 bits per heavy atom. The van der Waals surface area contributed by atoms with Gasteiger partial charge in [-0.1, -0.05) is 11.6 Å². The SMILES string of the molecule is O=C(O)C(=O)/C=C(\O)c1ccc(F)c(Cl)c1. The Hall–Kier alpha value is -1.88. The number of aliphatic carboxylic acids is 1. The molecule has 0 fully saturated rings. The van der Waals surface area contributed by atoms with Crippen molar-refractivity contribution < 1.29 is 24.2 Å². The molecule has 0 heterocycles. The maximum absolute atomic E-state index is 12.8. The van der Waals surface area contributed by atoms with Crippen molar-refractivity contribution in [3.8, 4) is 0 Å². The Labute approximate surface area is 94.6 Å². The maximum Gasteiger partial charge on any atom is 0.376 e. The van der Waals surface area contributed by atoms with Crippen LogP contribution >= 0.6 is 11.6 Å². The van der Waals surface area contributed by atoms with E-state index in [4.69, 9.17) is 16.7 Å². The Bertz CT molecular complexity index is 482. The summed E-state index contributed by atoms with van der Waals surface area (Å²) in [7, 11) is 0. The number of carbonyl (C=O) groups excluding carboxylic acids is 1. The summed E-state index contributed by atoms with van der Waals surface area (Å²) >= 11 is 5.44. The Kier molecular flexibility index (Phi) is 3.63. The van der Waals surface area contributed by atoms with Gasteiger partial charge in [0.25, 0.3) is 5.78 Å². The predicted molar refractivity (Wildman–Crippen MR) is 54.7 cm³/mol. The van der Waals surface area contributed by atoms with Crippen LogP contribution in [0.5, 0.6) is 0 Å². The lowest BCUT2D eigenvalue weighted by molar-refractivity contribution is -0.146. The largest absolute Gasteiger partial charge is 0.507 e. The molecule has 0 radical (unpaired) electrons. The van der Waals surface area contributed by atoms with Gasteiger partial charge >= 0.3 is 5.97 Å². The van der Waals surface area contributed by atoms with Gasteiger partial charge in [0, 0.05) is 11.6 Å². The normalized spacial score (nSPS) is 11.2. The van der Waals surface area contributed by atoms with E-state index in [9.17, 15) is 19.1 Å². The highest BCUT2D eigenvalue weighted by Gasteiger charge is 2.11. The molecule has 0 aliphatic heterocycles. The first-order valence-electron chi connectivity index (χ1n) is 4.05.